The van der Waals surface area contributed by atoms with Crippen LogP contribution in [-0.2, 0) is 10.0 Å². The van der Waals surface area contributed by atoms with Crippen LogP contribution in [0.4, 0.5) is 0 Å². The Morgan fingerprint density at radius 2 is 1.83 bits per heavy atom. The average molecular weight is 271 g/mol. The van der Waals surface area contributed by atoms with Gasteiger partial charge in [-0.25, -0.2) is 13.1 Å². The van der Waals surface area contributed by atoms with Crippen LogP contribution in [0.2, 0.25) is 0 Å². The van der Waals surface area contributed by atoms with Gasteiger partial charge in [0.15, 0.2) is 0 Å². The van der Waals surface area contributed by atoms with E-state index in [-0.39, 0.29) is 0 Å². The molecule has 0 saturated carbocycles. The van der Waals surface area contributed by atoms with Gasteiger partial charge in [0.2, 0.25) is 10.0 Å². The molecular formula is C13H21NO3S. The minimum Gasteiger partial charge on any atom is -0.494 e. The van der Waals surface area contributed by atoms with Crippen LogP contribution in [0.1, 0.15) is 31.7 Å². The van der Waals surface area contributed by atoms with E-state index in [0.717, 1.165) is 12.0 Å². The molecule has 0 aliphatic carbocycles. The minimum absolute atomic E-state index is 0.406. The second-order valence-electron chi connectivity index (χ2n) is 4.59. The van der Waals surface area contributed by atoms with E-state index < -0.39 is 10.0 Å². The lowest BCUT2D eigenvalue weighted by Crippen LogP contribution is -2.24. The maximum absolute atomic E-state index is 10.8. The molecule has 0 fully saturated rings. The number of ether oxygens (including phenoxy) is 1. The van der Waals surface area contributed by atoms with Crippen LogP contribution in [0.25, 0.3) is 0 Å². The van der Waals surface area contributed by atoms with Gasteiger partial charge in [-0.3, -0.25) is 0 Å². The second-order valence-corrected chi connectivity index (χ2v) is 6.43. The van der Waals surface area contributed by atoms with Crippen LogP contribution in [-0.4, -0.2) is 27.8 Å². The van der Waals surface area contributed by atoms with Gasteiger partial charge in [0.25, 0.3) is 0 Å². The summed E-state index contributed by atoms with van der Waals surface area (Å²) in [5, 5.41) is 0. The standard InChI is InChI=1S/C13H21NO3S/c1-11(2)12-5-7-13(8-6-12)17-10-4-9-14-18(3,15)16/h5-8,11,14H,4,9-10H2,1-3H3. The lowest BCUT2D eigenvalue weighted by Gasteiger charge is -2.09. The predicted octanol–water partition coefficient (Wildman–Crippen LogP) is 2.13. The minimum atomic E-state index is -3.09. The van der Waals surface area contributed by atoms with E-state index in [4.69, 9.17) is 4.74 Å². The SMILES string of the molecule is CC(C)c1ccc(OCCCNS(C)(=O)=O)cc1. The zero-order valence-electron chi connectivity index (χ0n) is 11.1. The van der Waals surface area contributed by atoms with E-state index in [1.807, 2.05) is 12.1 Å². The Morgan fingerprint density at radius 3 is 2.33 bits per heavy atom. The van der Waals surface area contributed by atoms with Crippen LogP contribution in [0.3, 0.4) is 0 Å². The van der Waals surface area contributed by atoms with Crippen LogP contribution in [0, 0.1) is 0 Å². The quantitative estimate of drug-likeness (QED) is 0.773. The predicted molar refractivity (Wildman–Crippen MR) is 73.5 cm³/mol. The summed E-state index contributed by atoms with van der Waals surface area (Å²) in [6.07, 6.45) is 1.80. The summed E-state index contributed by atoms with van der Waals surface area (Å²) >= 11 is 0. The lowest BCUT2D eigenvalue weighted by atomic mass is 10.0. The number of hydrogen-bond donors (Lipinski definition) is 1. The monoisotopic (exact) mass is 271 g/mol. The third-order valence-electron chi connectivity index (χ3n) is 2.50. The van der Waals surface area contributed by atoms with Gasteiger partial charge in [-0.2, -0.15) is 0 Å². The van der Waals surface area contributed by atoms with Crippen molar-refractivity contribution >= 4 is 10.0 Å². The van der Waals surface area contributed by atoms with Gasteiger partial charge >= 0.3 is 0 Å². The summed E-state index contributed by atoms with van der Waals surface area (Å²) in [6, 6.07) is 7.99. The molecule has 5 heteroatoms. The molecule has 0 unspecified atom stereocenters. The van der Waals surface area contributed by atoms with Crippen LogP contribution >= 0.6 is 0 Å². The molecular weight excluding hydrogens is 250 g/mol. The third kappa shape index (κ3) is 6.02. The summed E-state index contributed by atoms with van der Waals surface area (Å²) < 4.78 is 29.6. The highest BCUT2D eigenvalue weighted by Gasteiger charge is 2.01. The van der Waals surface area contributed by atoms with Gasteiger partial charge < -0.3 is 4.74 Å². The Balaban J connectivity index is 2.27. The third-order valence-corrected chi connectivity index (χ3v) is 3.23. The van der Waals surface area contributed by atoms with Crippen molar-refractivity contribution in [2.45, 2.75) is 26.2 Å². The van der Waals surface area contributed by atoms with Crippen LogP contribution in [0.5, 0.6) is 5.75 Å². The second kappa shape index (κ2) is 6.75. The molecule has 102 valence electrons. The summed E-state index contributed by atoms with van der Waals surface area (Å²) in [5.41, 5.74) is 1.28. The van der Waals surface area contributed by atoms with E-state index in [2.05, 4.69) is 30.7 Å². The van der Waals surface area contributed by atoms with Crippen molar-refractivity contribution < 1.29 is 13.2 Å². The molecule has 1 N–H and O–H groups in total. The average Bonchev–Trinajstić information content (AvgIpc) is 2.27. The Hall–Kier alpha value is -1.07. The highest BCUT2D eigenvalue weighted by atomic mass is 32.2. The van der Waals surface area contributed by atoms with Crippen molar-refractivity contribution in [2.24, 2.45) is 0 Å². The molecule has 1 rings (SSSR count). The molecule has 0 radical (unpaired) electrons. The largest absolute Gasteiger partial charge is 0.494 e. The molecule has 1 aromatic rings. The molecule has 0 spiro atoms. The Morgan fingerprint density at radius 1 is 1.22 bits per heavy atom. The van der Waals surface area contributed by atoms with Gasteiger partial charge in [-0.1, -0.05) is 26.0 Å². The van der Waals surface area contributed by atoms with Crippen molar-refractivity contribution in [1.82, 2.24) is 4.72 Å². The molecule has 0 aliphatic rings. The van der Waals surface area contributed by atoms with E-state index in [0.29, 0.717) is 25.5 Å². The Bertz CT molecular complexity index is 452. The normalized spacial score (nSPS) is 11.8. The maximum atomic E-state index is 10.8. The van der Waals surface area contributed by atoms with Gasteiger partial charge in [-0.05, 0) is 30.0 Å². The first-order valence-electron chi connectivity index (χ1n) is 6.06. The first-order chi connectivity index (χ1) is 8.38. The molecule has 0 aliphatic heterocycles. The van der Waals surface area contributed by atoms with Crippen molar-refractivity contribution in [3.05, 3.63) is 29.8 Å². The van der Waals surface area contributed by atoms with Crippen molar-refractivity contribution in [1.29, 1.82) is 0 Å². The van der Waals surface area contributed by atoms with E-state index in [1.165, 1.54) is 5.56 Å². The molecule has 0 saturated heterocycles. The van der Waals surface area contributed by atoms with E-state index in [9.17, 15) is 8.42 Å². The Kier molecular flexibility index (Phi) is 5.62. The zero-order chi connectivity index (χ0) is 13.6. The molecule has 4 nitrogen and oxygen atoms in total. The number of nitrogens with one attached hydrogen (secondary N) is 1. The molecule has 1 aromatic carbocycles. The lowest BCUT2D eigenvalue weighted by molar-refractivity contribution is 0.311. The number of sulfonamides is 1. The highest BCUT2D eigenvalue weighted by molar-refractivity contribution is 7.88. The first-order valence-corrected chi connectivity index (χ1v) is 7.95. The fourth-order valence-electron chi connectivity index (χ4n) is 1.47. The molecule has 18 heavy (non-hydrogen) atoms. The summed E-state index contributed by atoms with van der Waals surface area (Å²) in [7, 11) is -3.09. The number of benzene rings is 1. The van der Waals surface area contributed by atoms with E-state index >= 15 is 0 Å². The molecule has 0 amide bonds. The Labute approximate surface area is 109 Å². The van der Waals surface area contributed by atoms with E-state index in [1.54, 1.807) is 0 Å². The van der Waals surface area contributed by atoms with Crippen molar-refractivity contribution in [3.8, 4) is 5.75 Å². The van der Waals surface area contributed by atoms with Crippen molar-refractivity contribution in [2.75, 3.05) is 19.4 Å². The van der Waals surface area contributed by atoms with Crippen LogP contribution in [0.15, 0.2) is 24.3 Å². The smallest absolute Gasteiger partial charge is 0.208 e. The maximum Gasteiger partial charge on any atom is 0.208 e. The first kappa shape index (κ1) is 15.0. The summed E-state index contributed by atoms with van der Waals surface area (Å²) in [6.45, 7) is 5.20. The van der Waals surface area contributed by atoms with Gasteiger partial charge in [0.05, 0.1) is 12.9 Å². The van der Waals surface area contributed by atoms with Gasteiger partial charge in [0, 0.05) is 6.54 Å². The molecule has 0 atom stereocenters. The fraction of sp³-hybridized carbons (Fsp3) is 0.538. The zero-order valence-corrected chi connectivity index (χ0v) is 12.0. The summed E-state index contributed by atoms with van der Waals surface area (Å²) in [5.74, 6) is 1.33. The van der Waals surface area contributed by atoms with Crippen LogP contribution < -0.4 is 9.46 Å². The highest BCUT2D eigenvalue weighted by Crippen LogP contribution is 2.18. The number of rotatable bonds is 7. The van der Waals surface area contributed by atoms with Gasteiger partial charge in [0.1, 0.15) is 5.75 Å². The van der Waals surface area contributed by atoms with Gasteiger partial charge in [-0.15, -0.1) is 0 Å². The molecule has 0 aromatic heterocycles. The fourth-order valence-corrected chi connectivity index (χ4v) is 1.98. The summed E-state index contributed by atoms with van der Waals surface area (Å²) in [4.78, 5) is 0. The topological polar surface area (TPSA) is 55.4 Å². The van der Waals surface area contributed by atoms with Crippen molar-refractivity contribution in [3.63, 3.8) is 0 Å². The number of hydrogen-bond acceptors (Lipinski definition) is 3. The molecule has 0 bridgehead atoms. The molecule has 0 heterocycles.